The van der Waals surface area contributed by atoms with Gasteiger partial charge in [0.1, 0.15) is 0 Å². The van der Waals surface area contributed by atoms with Crippen molar-refractivity contribution in [2.24, 2.45) is 0 Å². The molecule has 1 N–H and O–H groups in total. The molecule has 0 aliphatic heterocycles. The maximum absolute atomic E-state index is 12.7. The second-order valence-electron chi connectivity index (χ2n) is 7.01. The van der Waals surface area contributed by atoms with Crippen molar-refractivity contribution < 1.29 is 14.6 Å². The molecule has 1 unspecified atom stereocenters. The molecule has 0 amide bonds. The van der Waals surface area contributed by atoms with Crippen LogP contribution in [-0.4, -0.2) is 37.3 Å². The van der Waals surface area contributed by atoms with E-state index in [9.17, 15) is 9.90 Å². The van der Waals surface area contributed by atoms with Gasteiger partial charge in [0.15, 0.2) is 0 Å². The Morgan fingerprint density at radius 1 is 1.19 bits per heavy atom. The molecule has 3 nitrogen and oxygen atoms in total. The number of hydrogen-bond donors (Lipinski definition) is 1. The molecule has 0 saturated carbocycles. The van der Waals surface area contributed by atoms with Crippen molar-refractivity contribution in [1.29, 1.82) is 0 Å². The first kappa shape index (κ1) is 21.7. The third-order valence-corrected chi connectivity index (χ3v) is 8.26. The second kappa shape index (κ2) is 11.3. The van der Waals surface area contributed by atoms with Crippen LogP contribution in [0.2, 0.25) is 14.3 Å². The second-order valence-corrected chi connectivity index (χ2v) is 15.3. The average Bonchev–Trinajstić information content (AvgIpc) is 2.68. The number of aliphatic hydroxyl groups excluding tert-OH is 1. The number of carbonyl (C=O) groups is 1. The van der Waals surface area contributed by atoms with E-state index in [-0.39, 0.29) is 5.78 Å². The first-order valence-electron chi connectivity index (χ1n) is 9.45. The fourth-order valence-corrected chi connectivity index (χ4v) is 5.63. The molecule has 0 heterocycles. The van der Waals surface area contributed by atoms with Crippen LogP contribution in [0.15, 0.2) is 61.2 Å². The molecule has 0 bridgehead atoms. The van der Waals surface area contributed by atoms with Crippen LogP contribution in [0.25, 0.3) is 0 Å². The van der Waals surface area contributed by atoms with Crippen molar-refractivity contribution in [3.05, 3.63) is 77.9 Å². The van der Waals surface area contributed by atoms with Crippen LogP contribution < -0.4 is 4.74 Å². The number of Topliss-reactive ketones (excluding diaryl/α,β-unsaturated/α-hetero) is 1. The van der Waals surface area contributed by atoms with Gasteiger partial charge in [0, 0.05) is 0 Å². The molecule has 2 aromatic rings. The topological polar surface area (TPSA) is 46.5 Å². The average molecular weight is 472 g/mol. The van der Waals surface area contributed by atoms with Crippen LogP contribution in [0.5, 0.6) is 5.75 Å². The predicted octanol–water partition coefficient (Wildman–Crippen LogP) is 5.24. The van der Waals surface area contributed by atoms with Gasteiger partial charge < -0.3 is 0 Å². The summed E-state index contributed by atoms with van der Waals surface area (Å²) in [6, 6.07) is 14.4. The molecular formula is C23H29O3Sn. The molecule has 0 aliphatic carbocycles. The van der Waals surface area contributed by atoms with Crippen LogP contribution >= 0.6 is 0 Å². The SMILES string of the molecule is C=CCc1cc(C(=O)C(O)c2ccccc2)ccc1OCCC[CH2][Sn]([CH3])[CH3]. The minimum absolute atomic E-state index is 0.304. The molecule has 1 atom stereocenters. The third kappa shape index (κ3) is 6.82. The minimum atomic E-state index is -1.16. The van der Waals surface area contributed by atoms with Gasteiger partial charge in [0.2, 0.25) is 0 Å². The van der Waals surface area contributed by atoms with Gasteiger partial charge in [-0.15, -0.1) is 0 Å². The van der Waals surface area contributed by atoms with Crippen LogP contribution in [0.1, 0.15) is 40.4 Å². The number of rotatable bonds is 11. The van der Waals surface area contributed by atoms with Gasteiger partial charge in [-0.05, 0) is 0 Å². The molecule has 143 valence electrons. The first-order chi connectivity index (χ1) is 13.0. The number of hydrogen-bond acceptors (Lipinski definition) is 3. The van der Waals surface area contributed by atoms with E-state index in [1.807, 2.05) is 30.3 Å². The molecule has 27 heavy (non-hydrogen) atoms. The summed E-state index contributed by atoms with van der Waals surface area (Å²) in [6.45, 7) is 4.50. The van der Waals surface area contributed by atoms with Gasteiger partial charge in [-0.1, -0.05) is 30.3 Å². The number of allylic oxidation sites excluding steroid dienone is 1. The summed E-state index contributed by atoms with van der Waals surface area (Å²) >= 11 is -0.993. The van der Waals surface area contributed by atoms with Crippen molar-refractivity contribution in [1.82, 2.24) is 0 Å². The van der Waals surface area contributed by atoms with Crippen LogP contribution in [0, 0.1) is 0 Å². The van der Waals surface area contributed by atoms with Crippen molar-refractivity contribution in [2.45, 2.75) is 39.7 Å². The van der Waals surface area contributed by atoms with Gasteiger partial charge in [-0.25, -0.2) is 0 Å². The monoisotopic (exact) mass is 473 g/mol. The maximum atomic E-state index is 12.7. The summed E-state index contributed by atoms with van der Waals surface area (Å²) in [5.74, 6) is 0.495. The molecule has 0 spiro atoms. The zero-order valence-corrected chi connectivity index (χ0v) is 19.1. The van der Waals surface area contributed by atoms with E-state index in [0.29, 0.717) is 24.2 Å². The molecule has 2 aromatic carbocycles. The van der Waals surface area contributed by atoms with E-state index < -0.39 is 25.9 Å². The zero-order chi connectivity index (χ0) is 19.6. The van der Waals surface area contributed by atoms with Gasteiger partial charge in [-0.2, -0.15) is 0 Å². The number of aliphatic hydroxyl groups is 1. The van der Waals surface area contributed by atoms with Gasteiger partial charge in [-0.3, -0.25) is 0 Å². The summed E-state index contributed by atoms with van der Waals surface area (Å²) in [5.41, 5.74) is 2.02. The Morgan fingerprint density at radius 3 is 2.59 bits per heavy atom. The number of benzene rings is 2. The van der Waals surface area contributed by atoms with Crippen molar-refractivity contribution in [2.75, 3.05) is 6.61 Å². The van der Waals surface area contributed by atoms with Crippen LogP contribution in [-0.2, 0) is 6.42 Å². The first-order valence-corrected chi connectivity index (χ1v) is 17.2. The van der Waals surface area contributed by atoms with E-state index in [1.165, 1.54) is 10.9 Å². The Hall–Kier alpha value is -1.59. The molecule has 4 heteroatoms. The summed E-state index contributed by atoms with van der Waals surface area (Å²) in [7, 11) is 0. The zero-order valence-electron chi connectivity index (χ0n) is 16.3. The molecule has 0 saturated heterocycles. The van der Waals surface area contributed by atoms with Crippen LogP contribution in [0.3, 0.4) is 0 Å². The summed E-state index contributed by atoms with van der Waals surface area (Å²) in [4.78, 5) is 17.5. The molecule has 2 rings (SSSR count). The van der Waals surface area contributed by atoms with Crippen molar-refractivity contribution >= 4 is 25.5 Å². The Morgan fingerprint density at radius 2 is 1.93 bits per heavy atom. The molecule has 0 aliphatic rings. The normalized spacial score (nSPS) is 12.0. The molecule has 1 radical (unpaired) electrons. The predicted molar refractivity (Wildman–Crippen MR) is 113 cm³/mol. The summed E-state index contributed by atoms with van der Waals surface area (Å²) in [5, 5.41) is 10.4. The Kier molecular flexibility index (Phi) is 9.08. The van der Waals surface area contributed by atoms with E-state index >= 15 is 0 Å². The van der Waals surface area contributed by atoms with Gasteiger partial charge in [0.25, 0.3) is 0 Å². The quantitative estimate of drug-likeness (QED) is 0.211. The molecule has 0 fully saturated rings. The number of ether oxygens (including phenoxy) is 1. The van der Waals surface area contributed by atoms with Crippen molar-refractivity contribution in [3.8, 4) is 5.75 Å². The Labute approximate surface area is 169 Å². The number of unbranched alkanes of at least 4 members (excludes halogenated alkanes) is 1. The number of carbonyl (C=O) groups excluding carboxylic acids is 1. The molecular weight excluding hydrogens is 443 g/mol. The van der Waals surface area contributed by atoms with Crippen LogP contribution in [0.4, 0.5) is 0 Å². The van der Waals surface area contributed by atoms with E-state index in [4.69, 9.17) is 4.74 Å². The van der Waals surface area contributed by atoms with E-state index in [1.54, 1.807) is 24.3 Å². The van der Waals surface area contributed by atoms with E-state index in [2.05, 4.69) is 16.5 Å². The third-order valence-electron chi connectivity index (χ3n) is 4.40. The standard InChI is InChI=1S/C21H23O3.2CH3.Sn/c1-3-5-14-24-19-13-12-18(15-17(19)9-4-2)21(23)20(22)16-10-7-6-8-11-16;;;/h4,6-8,10-13,15,20,22H,1-3,5,9,14H2;2*1H3;. The van der Waals surface area contributed by atoms with Gasteiger partial charge in [0.05, 0.1) is 0 Å². The summed E-state index contributed by atoms with van der Waals surface area (Å²) in [6.07, 6.45) is 3.57. The van der Waals surface area contributed by atoms with Gasteiger partial charge >= 0.3 is 140 Å². The fourth-order valence-electron chi connectivity index (χ4n) is 2.90. The Bertz CT molecular complexity index is 741. The van der Waals surface area contributed by atoms with Crippen molar-refractivity contribution in [3.63, 3.8) is 0 Å². The van der Waals surface area contributed by atoms with E-state index in [0.717, 1.165) is 17.7 Å². The molecule has 0 aromatic heterocycles. The summed E-state index contributed by atoms with van der Waals surface area (Å²) < 4.78 is 7.35. The number of ketones is 1. The Balaban J connectivity index is 2.07. The fraction of sp³-hybridized carbons (Fsp3) is 0.348.